The van der Waals surface area contributed by atoms with E-state index in [1.807, 2.05) is 6.07 Å². The zero-order valence-corrected chi connectivity index (χ0v) is 20.9. The van der Waals surface area contributed by atoms with Crippen molar-refractivity contribution in [2.24, 2.45) is 22.5 Å². The molecular weight excluding hydrogens is 492 g/mol. The van der Waals surface area contributed by atoms with E-state index in [9.17, 15) is 28.4 Å². The zero-order valence-electron chi connectivity index (χ0n) is 19.3. The number of hydrogen-bond acceptors (Lipinski definition) is 7. The van der Waals surface area contributed by atoms with E-state index >= 15 is 0 Å². The lowest BCUT2D eigenvalue weighted by molar-refractivity contribution is -0.150. The third-order valence-electron chi connectivity index (χ3n) is 8.60. The molecule has 35 heavy (non-hydrogen) atoms. The molecule has 4 atom stereocenters. The Morgan fingerprint density at radius 2 is 1.83 bits per heavy atom. The van der Waals surface area contributed by atoms with Crippen molar-refractivity contribution in [1.29, 1.82) is 5.26 Å². The summed E-state index contributed by atoms with van der Waals surface area (Å²) in [5, 5.41) is 18.7. The minimum Gasteiger partial charge on any atom is -0.481 e. The molecule has 3 N–H and O–H groups in total. The monoisotopic (exact) mass is 520 g/mol. The van der Waals surface area contributed by atoms with Crippen LogP contribution in [-0.2, 0) is 19.4 Å². The Bertz CT molecular complexity index is 1220. The summed E-state index contributed by atoms with van der Waals surface area (Å²) >= 11 is 6.48. The number of hydrogen-bond donors (Lipinski definition) is 2. The number of amides is 1. The van der Waals surface area contributed by atoms with Crippen molar-refractivity contribution in [3.63, 3.8) is 0 Å². The van der Waals surface area contributed by atoms with Crippen molar-refractivity contribution in [2.45, 2.75) is 54.7 Å². The van der Waals surface area contributed by atoms with Crippen LogP contribution in [0.2, 0.25) is 5.02 Å². The number of nitriles is 1. The van der Waals surface area contributed by atoms with E-state index in [0.29, 0.717) is 0 Å². The number of halogens is 1. The van der Waals surface area contributed by atoms with Crippen LogP contribution in [0.5, 0.6) is 0 Å². The smallest absolute Gasteiger partial charge is 0.310 e. The highest BCUT2D eigenvalue weighted by atomic mass is 35.5. The first-order valence-corrected chi connectivity index (χ1v) is 13.9. The first kappa shape index (κ1) is 24.3. The second-order valence-electron chi connectivity index (χ2n) is 10.4. The summed E-state index contributed by atoms with van der Waals surface area (Å²) in [7, 11) is -3.92. The number of carboxylic acid groups (broad SMARTS) is 1. The molecule has 11 heteroatoms. The predicted molar refractivity (Wildman–Crippen MR) is 129 cm³/mol. The Balaban J connectivity index is 1.34. The minimum atomic E-state index is -3.92. The van der Waals surface area contributed by atoms with Crippen LogP contribution >= 0.6 is 11.6 Å². The second kappa shape index (κ2) is 8.36. The van der Waals surface area contributed by atoms with Crippen molar-refractivity contribution in [3.05, 3.63) is 23.2 Å². The molecule has 1 heterocycles. The summed E-state index contributed by atoms with van der Waals surface area (Å²) < 4.78 is 27.1. The van der Waals surface area contributed by atoms with Gasteiger partial charge in [0.25, 0.3) is 0 Å². The van der Waals surface area contributed by atoms with Crippen LogP contribution < -0.4 is 10.6 Å². The quantitative estimate of drug-likeness (QED) is 0.555. The lowest BCUT2D eigenvalue weighted by Gasteiger charge is -2.36. The summed E-state index contributed by atoms with van der Waals surface area (Å²) in [5.41, 5.74) is 3.25. The Morgan fingerprint density at radius 3 is 2.34 bits per heavy atom. The number of carbonyl (C=O) groups is 2. The molecule has 4 aliphatic rings. The number of sulfone groups is 1. The van der Waals surface area contributed by atoms with E-state index in [1.54, 1.807) is 12.1 Å². The van der Waals surface area contributed by atoms with Gasteiger partial charge in [0.2, 0.25) is 5.91 Å². The van der Waals surface area contributed by atoms with Crippen LogP contribution in [0, 0.1) is 28.1 Å². The van der Waals surface area contributed by atoms with Gasteiger partial charge >= 0.3 is 5.97 Å². The predicted octanol–water partition coefficient (Wildman–Crippen LogP) is 2.04. The third-order valence-corrected chi connectivity index (χ3v) is 11.3. The molecule has 1 aromatic rings. The van der Waals surface area contributed by atoms with E-state index in [0.717, 1.165) is 37.9 Å². The number of carbonyl (C=O) groups excluding carboxylic acids is 1. The van der Waals surface area contributed by atoms with Gasteiger partial charge in [-0.05, 0) is 56.7 Å². The molecule has 0 bridgehead atoms. The van der Waals surface area contributed by atoms with Gasteiger partial charge in [0, 0.05) is 43.8 Å². The molecule has 1 amide bonds. The van der Waals surface area contributed by atoms with Crippen LogP contribution in [0.1, 0.15) is 38.5 Å². The van der Waals surface area contributed by atoms with Gasteiger partial charge in [-0.15, -0.1) is 0 Å². The van der Waals surface area contributed by atoms with Crippen LogP contribution in [0.15, 0.2) is 23.1 Å². The Hall–Kier alpha value is -2.35. The van der Waals surface area contributed by atoms with E-state index in [1.165, 1.54) is 18.9 Å². The largest absolute Gasteiger partial charge is 0.481 e. The minimum absolute atomic E-state index is 0.0111. The number of nitrogens with two attached hydrogens (primary N) is 1. The first-order valence-electron chi connectivity index (χ1n) is 12.0. The molecule has 1 aliphatic heterocycles. The van der Waals surface area contributed by atoms with Gasteiger partial charge in [0.05, 0.1) is 26.7 Å². The van der Waals surface area contributed by atoms with E-state index in [4.69, 9.17) is 17.3 Å². The highest BCUT2D eigenvalue weighted by Gasteiger charge is 2.72. The van der Waals surface area contributed by atoms with Gasteiger partial charge in [-0.25, -0.2) is 8.42 Å². The molecule has 1 saturated heterocycles. The van der Waals surface area contributed by atoms with Gasteiger partial charge in [0.1, 0.15) is 5.41 Å². The van der Waals surface area contributed by atoms with Crippen molar-refractivity contribution in [2.75, 3.05) is 31.1 Å². The number of benzene rings is 1. The molecular formula is C24H29ClN4O5S. The van der Waals surface area contributed by atoms with Crippen LogP contribution in [0.4, 0.5) is 5.69 Å². The maximum Gasteiger partial charge on any atom is 0.310 e. The molecule has 3 aliphatic carbocycles. The van der Waals surface area contributed by atoms with Crippen molar-refractivity contribution in [1.82, 2.24) is 4.90 Å². The number of primary amides is 1. The highest BCUT2D eigenvalue weighted by molar-refractivity contribution is 7.92. The number of nitrogens with zero attached hydrogens (tertiary/aromatic N) is 3. The fraction of sp³-hybridized carbons (Fsp3) is 0.625. The first-order chi connectivity index (χ1) is 16.5. The van der Waals surface area contributed by atoms with Crippen molar-refractivity contribution < 1.29 is 23.1 Å². The topological polar surface area (TPSA) is 145 Å². The summed E-state index contributed by atoms with van der Waals surface area (Å²) in [6.07, 6.45) is 2.59. The molecule has 0 spiro atoms. The summed E-state index contributed by atoms with van der Waals surface area (Å²) in [5.74, 6) is -2.83. The SMILES string of the molecule is N#CC1(C(N)=O)CC1[C@]1(C(=O)O)CC[C@@H](S(=O)(=O)c2ccc(N3CCN(C4CC4)CC3)cc2Cl)C1. The number of aliphatic carboxylic acids is 1. The number of carboxylic acids is 1. The van der Waals surface area contributed by atoms with E-state index < -0.39 is 43.7 Å². The Morgan fingerprint density at radius 1 is 1.14 bits per heavy atom. The Labute approximate surface area is 209 Å². The molecule has 3 saturated carbocycles. The van der Waals surface area contributed by atoms with Gasteiger partial charge in [0.15, 0.2) is 9.84 Å². The lowest BCUT2D eigenvalue weighted by atomic mass is 9.77. The van der Waals surface area contributed by atoms with Crippen LogP contribution in [0.3, 0.4) is 0 Å². The van der Waals surface area contributed by atoms with Gasteiger partial charge in [-0.3, -0.25) is 14.5 Å². The standard InChI is InChI=1S/C24H29ClN4O5S/c25-18-11-16(29-9-7-28(8-10-29)15-1-2-15)3-4-19(18)35(33,34)17-5-6-23(12-17,22(31)32)20-13-24(20,14-26)21(27)30/h3-4,11,15,17,20H,1-2,5-10,12-13H2,(H2,27,30)(H,31,32)/t17-,20?,23+,24?/m1/s1. The normalized spacial score (nSPS) is 33.3. The Kier molecular flexibility index (Phi) is 5.81. The molecule has 2 unspecified atom stereocenters. The van der Waals surface area contributed by atoms with E-state index in [-0.39, 0.29) is 35.6 Å². The molecule has 0 aromatic heterocycles. The molecule has 5 rings (SSSR count). The van der Waals surface area contributed by atoms with Crippen LogP contribution in [0.25, 0.3) is 0 Å². The zero-order chi connectivity index (χ0) is 25.2. The number of rotatable bonds is 7. The van der Waals surface area contributed by atoms with Gasteiger partial charge < -0.3 is 15.7 Å². The highest BCUT2D eigenvalue weighted by Crippen LogP contribution is 2.66. The maximum absolute atomic E-state index is 13.5. The van der Waals surface area contributed by atoms with Gasteiger partial charge in [-0.2, -0.15) is 5.26 Å². The fourth-order valence-electron chi connectivity index (χ4n) is 6.22. The molecule has 1 aromatic carbocycles. The molecule has 0 radical (unpaired) electrons. The number of anilines is 1. The maximum atomic E-state index is 13.5. The van der Waals surface area contributed by atoms with Crippen molar-refractivity contribution >= 4 is 39.0 Å². The van der Waals surface area contributed by atoms with Crippen LogP contribution in [-0.4, -0.2) is 67.8 Å². The lowest BCUT2D eigenvalue weighted by Crippen LogP contribution is -2.47. The fourth-order valence-corrected chi connectivity index (χ4v) is 8.61. The second-order valence-corrected chi connectivity index (χ2v) is 13.0. The molecule has 4 fully saturated rings. The molecule has 188 valence electrons. The summed E-state index contributed by atoms with van der Waals surface area (Å²) in [6.45, 7) is 3.64. The van der Waals surface area contributed by atoms with Gasteiger partial charge in [-0.1, -0.05) is 11.6 Å². The average Bonchev–Trinajstić information content (AvgIpc) is 3.75. The average molecular weight is 521 g/mol. The van der Waals surface area contributed by atoms with E-state index in [2.05, 4.69) is 9.80 Å². The molecule has 9 nitrogen and oxygen atoms in total. The third kappa shape index (κ3) is 3.88. The summed E-state index contributed by atoms with van der Waals surface area (Å²) in [6, 6.07) is 7.56. The number of piperazine rings is 1. The van der Waals surface area contributed by atoms with Crippen molar-refractivity contribution in [3.8, 4) is 6.07 Å². The summed E-state index contributed by atoms with van der Waals surface area (Å²) in [4.78, 5) is 28.9.